The minimum atomic E-state index is -1.31. The fourth-order valence-corrected chi connectivity index (χ4v) is 9.93. The molecule has 2 atom stereocenters. The van der Waals surface area contributed by atoms with Crippen molar-refractivity contribution in [3.05, 3.63) is 72.8 Å². The quantitative estimate of drug-likeness (QED) is 0.0736. The van der Waals surface area contributed by atoms with Crippen molar-refractivity contribution in [3.63, 3.8) is 0 Å². The molecule has 7 rings (SSSR count). The maximum atomic E-state index is 13.4. The van der Waals surface area contributed by atoms with E-state index in [0.29, 0.717) is 45.6 Å². The first kappa shape index (κ1) is 49.0. The van der Waals surface area contributed by atoms with Crippen LogP contribution in [0.1, 0.15) is 91.0 Å². The summed E-state index contributed by atoms with van der Waals surface area (Å²) in [5.74, 6) is 2.20. The minimum absolute atomic E-state index is 0.207. The second-order valence-electron chi connectivity index (χ2n) is 22.3. The maximum absolute atomic E-state index is 13.4. The van der Waals surface area contributed by atoms with E-state index in [0.717, 1.165) is 88.3 Å². The molecule has 356 valence electrons. The molecule has 2 fully saturated rings. The molecule has 2 aliphatic rings. The first-order valence-corrected chi connectivity index (χ1v) is 31.1. The lowest BCUT2D eigenvalue weighted by Crippen LogP contribution is -2.37. The molecule has 5 heterocycles. The van der Waals surface area contributed by atoms with Crippen LogP contribution in [0.3, 0.4) is 0 Å². The van der Waals surface area contributed by atoms with Crippen molar-refractivity contribution < 1.29 is 28.5 Å². The van der Waals surface area contributed by atoms with Gasteiger partial charge in [-0.15, -0.1) is 0 Å². The van der Waals surface area contributed by atoms with E-state index >= 15 is 0 Å². The predicted octanol–water partition coefficient (Wildman–Crippen LogP) is 11.8. The second kappa shape index (κ2) is 19.7. The smallest absolute Gasteiger partial charge is 0.410 e. The van der Waals surface area contributed by atoms with E-state index in [4.69, 9.17) is 38.9 Å². The summed E-state index contributed by atoms with van der Waals surface area (Å²) in [6, 6.07) is 14.4. The van der Waals surface area contributed by atoms with Crippen LogP contribution in [-0.2, 0) is 32.4 Å². The van der Waals surface area contributed by atoms with Gasteiger partial charge in [0.25, 0.3) is 0 Å². The number of rotatable bonds is 15. The van der Waals surface area contributed by atoms with Crippen molar-refractivity contribution in [3.8, 4) is 33.9 Å². The lowest BCUT2D eigenvalue weighted by molar-refractivity contribution is 0.0195. The van der Waals surface area contributed by atoms with Gasteiger partial charge in [-0.2, -0.15) is 0 Å². The Bertz CT molecular complexity index is 2480. The summed E-state index contributed by atoms with van der Waals surface area (Å²) in [6.07, 6.45) is 10.1. The zero-order chi connectivity index (χ0) is 47.6. The van der Waals surface area contributed by atoms with Crippen LogP contribution in [0.4, 0.5) is 9.59 Å². The Balaban J connectivity index is 1.14. The Morgan fingerprint density at radius 1 is 0.591 bits per heavy atom. The summed E-state index contributed by atoms with van der Waals surface area (Å²) in [4.78, 5) is 49.9. The summed E-state index contributed by atoms with van der Waals surface area (Å²) in [5, 5.41) is 2.12. The molecule has 0 N–H and O–H groups in total. The van der Waals surface area contributed by atoms with Gasteiger partial charge >= 0.3 is 12.2 Å². The van der Waals surface area contributed by atoms with Crippen molar-refractivity contribution in [2.75, 3.05) is 26.3 Å². The molecule has 0 unspecified atom stereocenters. The average Bonchev–Trinajstić information content (AvgIpc) is 4.05. The molecule has 2 saturated heterocycles. The van der Waals surface area contributed by atoms with Gasteiger partial charge in [0.1, 0.15) is 36.3 Å². The van der Waals surface area contributed by atoms with E-state index in [1.54, 1.807) is 4.90 Å². The highest BCUT2D eigenvalue weighted by Crippen LogP contribution is 2.38. The van der Waals surface area contributed by atoms with Crippen LogP contribution in [0.2, 0.25) is 51.4 Å². The molecule has 0 bridgehead atoms. The predicted molar refractivity (Wildman–Crippen MR) is 265 cm³/mol. The molecule has 14 nitrogen and oxygen atoms in total. The van der Waals surface area contributed by atoms with Gasteiger partial charge in [0.2, 0.25) is 0 Å². The van der Waals surface area contributed by atoms with Gasteiger partial charge in [0.15, 0.2) is 5.82 Å². The van der Waals surface area contributed by atoms with Crippen molar-refractivity contribution in [2.45, 2.75) is 155 Å². The fraction of sp³-hybridized carbons (Fsp3) is 0.560. The molecule has 0 saturated carbocycles. The van der Waals surface area contributed by atoms with Crippen molar-refractivity contribution in [1.82, 2.24) is 38.9 Å². The van der Waals surface area contributed by atoms with E-state index in [9.17, 15) is 9.59 Å². The largest absolute Gasteiger partial charge is 0.444 e. The topological polar surface area (TPSA) is 139 Å². The number of carbonyl (C=O) groups is 2. The number of imidazole rings is 2. The Morgan fingerprint density at radius 2 is 1.02 bits per heavy atom. The Morgan fingerprint density at radius 3 is 1.45 bits per heavy atom. The van der Waals surface area contributed by atoms with Crippen molar-refractivity contribution in [1.29, 1.82) is 0 Å². The SMILES string of the molecule is CC(C)(C)OC(=O)N1CCC[C@H]1c1ncc(-c2cnc(-c3ccc4cc(-c5cnc([C@@H]6CCCN6C(=O)OC(C)(C)C)n5COCC[Si](C)(C)C)ccc4c3)nc2)n1COCC[Si](C)(C)C. The van der Waals surface area contributed by atoms with E-state index in [-0.39, 0.29) is 24.3 Å². The zero-order valence-corrected chi connectivity index (χ0v) is 43.4. The molecule has 2 aliphatic heterocycles. The third kappa shape index (κ3) is 12.3. The second-order valence-corrected chi connectivity index (χ2v) is 33.5. The van der Waals surface area contributed by atoms with E-state index in [1.807, 2.05) is 71.2 Å². The number of carbonyl (C=O) groups excluding carboxylic acids is 2. The molecule has 2 amide bonds. The summed E-state index contributed by atoms with van der Waals surface area (Å²) < 4.78 is 28.5. The minimum Gasteiger partial charge on any atom is -0.444 e. The zero-order valence-electron chi connectivity index (χ0n) is 41.4. The van der Waals surface area contributed by atoms with Crippen LogP contribution in [-0.4, -0.2) is 105 Å². The molecule has 0 aliphatic carbocycles. The molecular weight excluding hydrogens is 865 g/mol. The van der Waals surface area contributed by atoms with Crippen molar-refractivity contribution in [2.24, 2.45) is 0 Å². The van der Waals surface area contributed by atoms with E-state index in [2.05, 4.69) is 84.8 Å². The Hall–Kier alpha value is -4.91. The fourth-order valence-electron chi connectivity index (χ4n) is 8.41. The number of ether oxygens (including phenoxy) is 4. The number of hydrogen-bond donors (Lipinski definition) is 0. The number of nitrogens with zero attached hydrogens (tertiary/aromatic N) is 8. The van der Waals surface area contributed by atoms with Crippen LogP contribution in [0.25, 0.3) is 44.7 Å². The highest BCUT2D eigenvalue weighted by Gasteiger charge is 2.38. The standard InChI is InChI=1S/C50H72N8O6Si2/c1-49(2,3)63-47(59)55-21-13-15-40(55)45-53-31-42(57(45)33-61-23-25-65(7,8)9)37-19-17-36-28-38(20-18-35(36)27-37)44-51-29-39(30-52-44)43-32-54-46(58(43)34-62-24-26-66(10,11)12)41-16-14-22-56(41)48(60)64-50(4,5)6/h17-20,27-32,40-41H,13-16,21-26,33-34H2,1-12H3/t40-,41-/m0/s1. The molecular formula is C50H72N8O6Si2. The van der Waals surface area contributed by atoms with Gasteiger partial charge in [-0.25, -0.2) is 29.5 Å². The summed E-state index contributed by atoms with van der Waals surface area (Å²) >= 11 is 0. The number of amides is 2. The lowest BCUT2D eigenvalue weighted by Gasteiger charge is -2.29. The molecule has 5 aromatic rings. The average molecular weight is 937 g/mol. The number of likely N-dealkylation sites (tertiary alicyclic amines) is 2. The number of fused-ring (bicyclic) bond motifs is 1. The molecule has 66 heavy (non-hydrogen) atoms. The van der Waals surface area contributed by atoms with E-state index in [1.165, 1.54) is 0 Å². The summed E-state index contributed by atoms with van der Waals surface area (Å²) in [7, 11) is -2.61. The van der Waals surface area contributed by atoms with Gasteiger partial charge in [0, 0.05) is 71.5 Å². The maximum Gasteiger partial charge on any atom is 0.410 e. The van der Waals surface area contributed by atoms with Crippen LogP contribution in [0.15, 0.2) is 61.2 Å². The van der Waals surface area contributed by atoms with Crippen LogP contribution in [0.5, 0.6) is 0 Å². The first-order valence-electron chi connectivity index (χ1n) is 23.7. The third-order valence-electron chi connectivity index (χ3n) is 11.9. The highest BCUT2D eigenvalue weighted by atomic mass is 28.3. The van der Waals surface area contributed by atoms with Gasteiger partial charge in [-0.05, 0) is 102 Å². The number of aromatic nitrogens is 6. The normalized spacial score (nSPS) is 17.3. The summed E-state index contributed by atoms with van der Waals surface area (Å²) in [5.41, 5.74) is 3.31. The third-order valence-corrected chi connectivity index (χ3v) is 15.3. The van der Waals surface area contributed by atoms with E-state index < -0.39 is 27.3 Å². The molecule has 0 spiro atoms. The van der Waals surface area contributed by atoms with Crippen LogP contribution >= 0.6 is 0 Å². The Labute approximate surface area is 393 Å². The Kier molecular flexibility index (Phi) is 14.7. The molecule has 2 aromatic carbocycles. The highest BCUT2D eigenvalue weighted by molar-refractivity contribution is 6.76. The van der Waals surface area contributed by atoms with Crippen LogP contribution in [0, 0.1) is 0 Å². The van der Waals surface area contributed by atoms with Gasteiger partial charge in [-0.3, -0.25) is 9.80 Å². The molecule has 3 aromatic heterocycles. The van der Waals surface area contributed by atoms with Crippen molar-refractivity contribution >= 4 is 39.1 Å². The molecule has 0 radical (unpaired) electrons. The lowest BCUT2D eigenvalue weighted by atomic mass is 10.0. The molecule has 16 heteroatoms. The van der Waals surface area contributed by atoms with Gasteiger partial charge < -0.3 is 28.1 Å². The number of benzene rings is 2. The van der Waals surface area contributed by atoms with Crippen LogP contribution < -0.4 is 0 Å². The monoisotopic (exact) mass is 937 g/mol. The van der Waals surface area contributed by atoms with Gasteiger partial charge in [0.05, 0.1) is 35.9 Å². The first-order chi connectivity index (χ1) is 31.0. The summed E-state index contributed by atoms with van der Waals surface area (Å²) in [6.45, 7) is 28.6. The van der Waals surface area contributed by atoms with Gasteiger partial charge in [-0.1, -0.05) is 63.5 Å². The number of hydrogen-bond acceptors (Lipinski definition) is 10.